The molecule has 3 aliphatic carbocycles. The predicted molar refractivity (Wildman–Crippen MR) is 261 cm³/mol. The maximum absolute atomic E-state index is 11.2. The number of phenols is 4. The molecule has 312 valence electrons. The summed E-state index contributed by atoms with van der Waals surface area (Å²) in [5.74, 6) is -2.10. The minimum absolute atomic E-state index is 0.0502. The van der Waals surface area contributed by atoms with Gasteiger partial charge in [0.05, 0.1) is 16.7 Å². The van der Waals surface area contributed by atoms with Gasteiger partial charge < -0.3 is 25.3 Å². The van der Waals surface area contributed by atoms with Crippen LogP contribution in [0.2, 0.25) is 0 Å². The van der Waals surface area contributed by atoms with Gasteiger partial charge in [-0.25, -0.2) is 0 Å². The van der Waals surface area contributed by atoms with E-state index in [2.05, 4.69) is 164 Å². The molecular weight excluding hydrogens is 787 g/mol. The Morgan fingerprint density at radius 3 is 1.50 bits per heavy atom. The molecule has 3 aliphatic rings. The van der Waals surface area contributed by atoms with Crippen LogP contribution in [0.5, 0.6) is 23.0 Å². The third kappa shape index (κ3) is 5.06. The molecule has 0 atom stereocenters. The van der Waals surface area contributed by atoms with Gasteiger partial charge in [-0.3, -0.25) is 0 Å². The van der Waals surface area contributed by atoms with Gasteiger partial charge in [0.2, 0.25) is 5.75 Å². The maximum atomic E-state index is 11.2. The number of phenolic OH excluding ortho intramolecular Hbond substituents is 4. The summed E-state index contributed by atoms with van der Waals surface area (Å²) >= 11 is 0. The topological polar surface area (TPSA) is 84.2 Å². The van der Waals surface area contributed by atoms with E-state index in [1.807, 2.05) is 38.1 Å². The van der Waals surface area contributed by atoms with Crippen LogP contribution in [-0.4, -0.2) is 20.4 Å². The van der Waals surface area contributed by atoms with Crippen molar-refractivity contribution in [2.75, 3.05) is 4.90 Å². The van der Waals surface area contributed by atoms with Crippen molar-refractivity contribution >= 4 is 27.8 Å². The van der Waals surface area contributed by atoms with Crippen molar-refractivity contribution in [3.63, 3.8) is 0 Å². The monoisotopic (exact) mass is 833 g/mol. The van der Waals surface area contributed by atoms with Crippen molar-refractivity contribution in [2.45, 2.75) is 45.4 Å². The highest BCUT2D eigenvalue weighted by Gasteiger charge is 2.52. The Bertz CT molecular complexity index is 3320. The van der Waals surface area contributed by atoms with E-state index in [9.17, 15) is 20.4 Å². The molecule has 64 heavy (non-hydrogen) atoms. The number of benzene rings is 9. The van der Waals surface area contributed by atoms with Crippen molar-refractivity contribution in [2.24, 2.45) is 0 Å². The Balaban J connectivity index is 0.00000225. The molecule has 0 fully saturated rings. The predicted octanol–water partition coefficient (Wildman–Crippen LogP) is 14.8. The standard InChI is InChI=1S/C57H41NO4.C2H6/c1-32-52(59)50(54(61)55(62)53(32)60)33-24-26-34(27-25-33)58(35-28-29-39-36-14-6-10-20-43(36)56(2,3)47(39)30-35)49-31-48-51(41-18-5-4-17-40(41)49)42-19-9-13-23-46(42)57(48)44-21-11-7-15-37(44)38-16-8-12-22-45(38)57;1-2/h4-31,59-62H,1-3H3;1-2H3. The van der Waals surface area contributed by atoms with E-state index in [0.717, 1.165) is 27.8 Å². The lowest BCUT2D eigenvalue weighted by atomic mass is 9.70. The van der Waals surface area contributed by atoms with E-state index in [0.29, 0.717) is 5.56 Å². The Labute approximate surface area is 373 Å². The number of aromatic hydroxyl groups is 4. The van der Waals surface area contributed by atoms with Gasteiger partial charge in [-0.1, -0.05) is 167 Å². The zero-order valence-electron chi connectivity index (χ0n) is 36.4. The molecule has 1 spiro atoms. The largest absolute Gasteiger partial charge is 0.507 e. The SMILES string of the molecule is CC.Cc1c(O)c(O)c(O)c(-c2ccc(N(c3ccc4c(c3)C(C)(C)c3ccccc3-4)c3cc4c(c5ccccc35)-c3ccccc3C43c4ccccc4-c4ccccc43)cc2)c1O. The van der Waals surface area contributed by atoms with Gasteiger partial charge in [-0.2, -0.15) is 0 Å². The number of hydrogen-bond donors (Lipinski definition) is 4. The lowest BCUT2D eigenvalue weighted by molar-refractivity contribution is 0.360. The summed E-state index contributed by atoms with van der Waals surface area (Å²) in [4.78, 5) is 2.34. The fourth-order valence-corrected chi connectivity index (χ4v) is 11.2. The van der Waals surface area contributed by atoms with E-state index in [-0.39, 0.29) is 22.3 Å². The summed E-state index contributed by atoms with van der Waals surface area (Å²) in [6.07, 6.45) is 0. The van der Waals surface area contributed by atoms with Gasteiger partial charge in [-0.05, 0) is 115 Å². The second-order valence-electron chi connectivity index (χ2n) is 17.4. The van der Waals surface area contributed by atoms with Crippen molar-refractivity contribution in [1.82, 2.24) is 0 Å². The van der Waals surface area contributed by atoms with Crippen LogP contribution in [0.25, 0.3) is 55.3 Å². The molecule has 0 aromatic heterocycles. The van der Waals surface area contributed by atoms with Gasteiger partial charge in [0.25, 0.3) is 0 Å². The third-order valence-corrected chi connectivity index (χ3v) is 14.1. The molecule has 0 saturated heterocycles. The fraction of sp³-hybridized carbons (Fsp3) is 0.119. The molecule has 12 rings (SSSR count). The molecule has 4 N–H and O–H groups in total. The van der Waals surface area contributed by atoms with Crippen LogP contribution in [0.15, 0.2) is 170 Å². The average Bonchev–Trinajstić information content (AvgIpc) is 3.90. The summed E-state index contributed by atoms with van der Waals surface area (Å²) in [6, 6.07) is 61.0. The molecule has 0 aliphatic heterocycles. The molecule has 0 unspecified atom stereocenters. The van der Waals surface area contributed by atoms with Crippen LogP contribution in [0.4, 0.5) is 17.1 Å². The first-order chi connectivity index (χ1) is 31.1. The van der Waals surface area contributed by atoms with Gasteiger partial charge in [0, 0.05) is 27.7 Å². The molecule has 9 aromatic carbocycles. The summed E-state index contributed by atoms with van der Waals surface area (Å²) in [6.45, 7) is 10.1. The molecule has 0 bridgehead atoms. The number of nitrogens with zero attached hydrogens (tertiary/aromatic N) is 1. The third-order valence-electron chi connectivity index (χ3n) is 14.1. The number of hydrogen-bond acceptors (Lipinski definition) is 5. The first kappa shape index (κ1) is 39.1. The van der Waals surface area contributed by atoms with E-state index < -0.39 is 22.7 Å². The average molecular weight is 834 g/mol. The van der Waals surface area contributed by atoms with Gasteiger partial charge in [0.15, 0.2) is 11.5 Å². The van der Waals surface area contributed by atoms with E-state index in [1.165, 1.54) is 73.7 Å². The minimum Gasteiger partial charge on any atom is -0.507 e. The van der Waals surface area contributed by atoms with E-state index >= 15 is 0 Å². The molecule has 0 saturated carbocycles. The van der Waals surface area contributed by atoms with E-state index in [4.69, 9.17) is 0 Å². The Morgan fingerprint density at radius 1 is 0.391 bits per heavy atom. The summed E-state index contributed by atoms with van der Waals surface area (Å²) in [5.41, 5.74) is 17.7. The Morgan fingerprint density at radius 2 is 0.875 bits per heavy atom. The van der Waals surface area contributed by atoms with Crippen molar-refractivity contribution in [3.05, 3.63) is 209 Å². The van der Waals surface area contributed by atoms with Crippen LogP contribution in [-0.2, 0) is 10.8 Å². The number of fused-ring (bicyclic) bond motifs is 15. The maximum Gasteiger partial charge on any atom is 0.201 e. The molecule has 9 aromatic rings. The lowest BCUT2D eigenvalue weighted by Gasteiger charge is -2.33. The quantitative estimate of drug-likeness (QED) is 0.105. The molecule has 0 radical (unpaired) electrons. The number of rotatable bonds is 4. The lowest BCUT2D eigenvalue weighted by Crippen LogP contribution is -2.26. The van der Waals surface area contributed by atoms with Crippen LogP contribution in [0, 0.1) is 6.92 Å². The first-order valence-electron chi connectivity index (χ1n) is 22.1. The zero-order valence-corrected chi connectivity index (χ0v) is 36.4. The molecule has 0 amide bonds. The van der Waals surface area contributed by atoms with Crippen molar-refractivity contribution < 1.29 is 20.4 Å². The van der Waals surface area contributed by atoms with Gasteiger partial charge in [0.1, 0.15) is 5.75 Å². The molecule has 5 heteroatoms. The second-order valence-corrected chi connectivity index (χ2v) is 17.4. The summed E-state index contributed by atoms with van der Waals surface area (Å²) < 4.78 is 0. The minimum atomic E-state index is -0.669. The van der Waals surface area contributed by atoms with Crippen LogP contribution in [0.1, 0.15) is 66.6 Å². The Hall–Kier alpha value is -7.76. The fourth-order valence-electron chi connectivity index (χ4n) is 11.2. The van der Waals surface area contributed by atoms with Crippen LogP contribution >= 0.6 is 0 Å². The second kappa shape index (κ2) is 14.1. The van der Waals surface area contributed by atoms with Crippen LogP contribution in [0.3, 0.4) is 0 Å². The summed E-state index contributed by atoms with van der Waals surface area (Å²) in [5, 5.41) is 45.4. The first-order valence-corrected chi connectivity index (χ1v) is 22.1. The highest BCUT2D eigenvalue weighted by molar-refractivity contribution is 6.12. The zero-order chi connectivity index (χ0) is 44.2. The van der Waals surface area contributed by atoms with Gasteiger partial charge in [-0.15, -0.1) is 0 Å². The number of anilines is 3. The highest BCUT2D eigenvalue weighted by Crippen LogP contribution is 2.65. The van der Waals surface area contributed by atoms with E-state index in [1.54, 1.807) is 0 Å². The molecule has 0 heterocycles. The van der Waals surface area contributed by atoms with Gasteiger partial charge >= 0.3 is 0 Å². The smallest absolute Gasteiger partial charge is 0.201 e. The summed E-state index contributed by atoms with van der Waals surface area (Å²) in [7, 11) is 0. The van der Waals surface area contributed by atoms with Crippen molar-refractivity contribution in [1.29, 1.82) is 0 Å². The molecular formula is C59H47NO4. The Kier molecular flexibility index (Phi) is 8.64. The normalized spacial score (nSPS) is 13.9. The van der Waals surface area contributed by atoms with Crippen LogP contribution < -0.4 is 4.90 Å². The molecule has 5 nitrogen and oxygen atoms in total. The highest BCUT2D eigenvalue weighted by atomic mass is 16.3. The van der Waals surface area contributed by atoms with Crippen molar-refractivity contribution in [3.8, 4) is 67.5 Å².